The molecule has 2 aromatic carbocycles. The number of amides is 1. The van der Waals surface area contributed by atoms with Crippen molar-refractivity contribution in [3.63, 3.8) is 0 Å². The zero-order chi connectivity index (χ0) is 18.0. The second kappa shape index (κ2) is 6.97. The Morgan fingerprint density at radius 3 is 2.68 bits per heavy atom. The molecule has 1 aliphatic heterocycles. The molecule has 2 atom stereocenters. The molecule has 0 bridgehead atoms. The molecule has 25 heavy (non-hydrogen) atoms. The number of ether oxygens (including phenoxy) is 1. The maximum atomic E-state index is 12.6. The van der Waals surface area contributed by atoms with Gasteiger partial charge in [-0.1, -0.05) is 36.4 Å². The highest BCUT2D eigenvalue weighted by Crippen LogP contribution is 2.28. The smallest absolute Gasteiger partial charge is 0.330 e. The summed E-state index contributed by atoms with van der Waals surface area (Å²) in [5, 5.41) is 12.3. The van der Waals surface area contributed by atoms with Crippen LogP contribution in [0.3, 0.4) is 0 Å². The molecule has 1 amide bonds. The Morgan fingerprint density at radius 2 is 1.92 bits per heavy atom. The quantitative estimate of drug-likeness (QED) is 0.898. The lowest BCUT2D eigenvalue weighted by atomic mass is 9.94. The van der Waals surface area contributed by atoms with E-state index in [1.165, 1.54) is 0 Å². The number of aliphatic carboxylic acids is 1. The molecule has 2 aromatic rings. The third kappa shape index (κ3) is 3.50. The molecule has 0 aromatic heterocycles. The largest absolute Gasteiger partial charge is 0.492 e. The van der Waals surface area contributed by atoms with Gasteiger partial charge in [0.15, 0.2) is 6.04 Å². The third-order valence-corrected chi connectivity index (χ3v) is 4.74. The van der Waals surface area contributed by atoms with E-state index < -0.39 is 17.9 Å². The van der Waals surface area contributed by atoms with Crippen molar-refractivity contribution in [3.05, 3.63) is 64.7 Å². The molecule has 5 heteroatoms. The van der Waals surface area contributed by atoms with Crippen LogP contribution in [-0.2, 0) is 16.0 Å². The van der Waals surface area contributed by atoms with Gasteiger partial charge in [-0.05, 0) is 48.6 Å². The maximum absolute atomic E-state index is 12.6. The lowest BCUT2D eigenvalue weighted by Crippen LogP contribution is -2.41. The molecule has 0 aliphatic carbocycles. The summed E-state index contributed by atoms with van der Waals surface area (Å²) >= 11 is 0. The zero-order valence-electron chi connectivity index (χ0n) is 14.3. The van der Waals surface area contributed by atoms with Gasteiger partial charge in [-0.15, -0.1) is 0 Å². The van der Waals surface area contributed by atoms with Crippen molar-refractivity contribution in [3.8, 4) is 5.75 Å². The predicted molar refractivity (Wildman–Crippen MR) is 93.6 cm³/mol. The van der Waals surface area contributed by atoms with Gasteiger partial charge in [-0.3, -0.25) is 4.79 Å². The first kappa shape index (κ1) is 17.0. The standard InChI is InChI=1S/C20H21NO4/c1-12-6-5-8-16(13(12)2)18(20(23)24)21-19(22)15-10-14-7-3-4-9-17(14)25-11-15/h3-9,15,18H,10-11H2,1-2H3,(H,21,22)(H,23,24). The summed E-state index contributed by atoms with van der Waals surface area (Å²) in [6.45, 7) is 4.04. The Hall–Kier alpha value is -2.82. The van der Waals surface area contributed by atoms with Crippen LogP contribution < -0.4 is 10.1 Å². The summed E-state index contributed by atoms with van der Waals surface area (Å²) in [6, 6.07) is 12.0. The number of aryl methyl sites for hydroxylation is 1. The van der Waals surface area contributed by atoms with Crippen LogP contribution in [0.15, 0.2) is 42.5 Å². The highest BCUT2D eigenvalue weighted by atomic mass is 16.5. The highest BCUT2D eigenvalue weighted by molar-refractivity contribution is 5.86. The molecular weight excluding hydrogens is 318 g/mol. The van der Waals surface area contributed by atoms with Crippen LogP contribution in [0.5, 0.6) is 5.75 Å². The Balaban J connectivity index is 1.78. The van der Waals surface area contributed by atoms with Crippen molar-refractivity contribution in [1.82, 2.24) is 5.32 Å². The first-order chi connectivity index (χ1) is 12.0. The van der Waals surface area contributed by atoms with Crippen molar-refractivity contribution in [2.75, 3.05) is 6.61 Å². The number of benzene rings is 2. The van der Waals surface area contributed by atoms with Gasteiger partial charge < -0.3 is 15.2 Å². The van der Waals surface area contributed by atoms with Crippen molar-refractivity contribution < 1.29 is 19.4 Å². The normalized spacial score (nSPS) is 17.1. The fourth-order valence-electron chi connectivity index (χ4n) is 3.12. The van der Waals surface area contributed by atoms with Crippen molar-refractivity contribution in [2.24, 2.45) is 5.92 Å². The molecule has 0 fully saturated rings. The summed E-state index contributed by atoms with van der Waals surface area (Å²) < 4.78 is 5.64. The summed E-state index contributed by atoms with van der Waals surface area (Å²) in [6.07, 6.45) is 0.543. The van der Waals surface area contributed by atoms with Crippen LogP contribution in [0.25, 0.3) is 0 Å². The average Bonchev–Trinajstić information content (AvgIpc) is 2.61. The number of nitrogens with one attached hydrogen (secondary N) is 1. The van der Waals surface area contributed by atoms with Crippen LogP contribution in [0.4, 0.5) is 0 Å². The zero-order valence-corrected chi connectivity index (χ0v) is 14.3. The van der Waals surface area contributed by atoms with E-state index in [1.807, 2.05) is 44.2 Å². The van der Waals surface area contributed by atoms with Gasteiger partial charge >= 0.3 is 5.97 Å². The van der Waals surface area contributed by atoms with E-state index in [4.69, 9.17) is 4.74 Å². The van der Waals surface area contributed by atoms with Crippen LogP contribution in [0.1, 0.15) is 28.3 Å². The van der Waals surface area contributed by atoms with Crippen molar-refractivity contribution in [1.29, 1.82) is 0 Å². The maximum Gasteiger partial charge on any atom is 0.330 e. The molecule has 2 N–H and O–H groups in total. The molecule has 0 saturated heterocycles. The highest BCUT2D eigenvalue weighted by Gasteiger charge is 2.30. The molecule has 2 unspecified atom stereocenters. The van der Waals surface area contributed by atoms with E-state index >= 15 is 0 Å². The number of rotatable bonds is 4. The molecule has 3 rings (SSSR count). The summed E-state index contributed by atoms with van der Waals surface area (Å²) in [4.78, 5) is 24.4. The van der Waals surface area contributed by atoms with E-state index in [0.29, 0.717) is 12.0 Å². The monoisotopic (exact) mass is 339 g/mol. The van der Waals surface area contributed by atoms with E-state index in [0.717, 1.165) is 22.4 Å². The Labute approximate surface area is 146 Å². The second-order valence-electron chi connectivity index (χ2n) is 6.39. The fraction of sp³-hybridized carbons (Fsp3) is 0.300. The predicted octanol–water partition coefficient (Wildman–Crippen LogP) is 2.80. The fourth-order valence-corrected chi connectivity index (χ4v) is 3.12. The number of hydrogen-bond acceptors (Lipinski definition) is 3. The number of para-hydroxylation sites is 1. The molecule has 130 valence electrons. The third-order valence-electron chi connectivity index (χ3n) is 4.74. The van der Waals surface area contributed by atoms with Gasteiger partial charge in [0.1, 0.15) is 12.4 Å². The molecule has 1 heterocycles. The summed E-state index contributed by atoms with van der Waals surface area (Å²) in [5.41, 5.74) is 3.44. The molecule has 0 saturated carbocycles. The number of carboxylic acid groups (broad SMARTS) is 1. The number of carboxylic acids is 1. The van der Waals surface area contributed by atoms with Gasteiger partial charge in [0.05, 0.1) is 5.92 Å². The van der Waals surface area contributed by atoms with Gasteiger partial charge in [-0.2, -0.15) is 0 Å². The number of fused-ring (bicyclic) bond motifs is 1. The number of carbonyl (C=O) groups is 2. The van der Waals surface area contributed by atoms with E-state index in [2.05, 4.69) is 5.32 Å². The van der Waals surface area contributed by atoms with E-state index in [-0.39, 0.29) is 12.5 Å². The lowest BCUT2D eigenvalue weighted by Gasteiger charge is -2.26. The van der Waals surface area contributed by atoms with Crippen LogP contribution in [0, 0.1) is 19.8 Å². The number of hydrogen-bond donors (Lipinski definition) is 2. The summed E-state index contributed by atoms with van der Waals surface area (Å²) in [5.74, 6) is -0.986. The first-order valence-electron chi connectivity index (χ1n) is 8.27. The van der Waals surface area contributed by atoms with Gasteiger partial charge in [0.25, 0.3) is 0 Å². The SMILES string of the molecule is Cc1cccc(C(NC(=O)C2COc3ccccc3C2)C(=O)O)c1C. The van der Waals surface area contributed by atoms with Gasteiger partial charge in [-0.25, -0.2) is 4.79 Å². The van der Waals surface area contributed by atoms with Crippen LogP contribution >= 0.6 is 0 Å². The molecule has 0 radical (unpaired) electrons. The Kier molecular flexibility index (Phi) is 4.74. The van der Waals surface area contributed by atoms with Crippen molar-refractivity contribution in [2.45, 2.75) is 26.3 Å². The van der Waals surface area contributed by atoms with Crippen LogP contribution in [-0.4, -0.2) is 23.6 Å². The van der Waals surface area contributed by atoms with Gasteiger partial charge in [0, 0.05) is 0 Å². The Bertz CT molecular complexity index is 815. The van der Waals surface area contributed by atoms with E-state index in [1.54, 1.807) is 12.1 Å². The minimum atomic E-state index is -1.07. The van der Waals surface area contributed by atoms with Crippen molar-refractivity contribution >= 4 is 11.9 Å². The molecule has 5 nitrogen and oxygen atoms in total. The second-order valence-corrected chi connectivity index (χ2v) is 6.39. The summed E-state index contributed by atoms with van der Waals surface area (Å²) in [7, 11) is 0. The minimum Gasteiger partial charge on any atom is -0.492 e. The number of carbonyl (C=O) groups excluding carboxylic acids is 1. The molecule has 0 spiro atoms. The average molecular weight is 339 g/mol. The molecular formula is C20H21NO4. The first-order valence-corrected chi connectivity index (χ1v) is 8.27. The molecule has 1 aliphatic rings. The van der Waals surface area contributed by atoms with Gasteiger partial charge in [0.2, 0.25) is 5.91 Å². The topological polar surface area (TPSA) is 75.6 Å². The van der Waals surface area contributed by atoms with E-state index in [9.17, 15) is 14.7 Å². The Morgan fingerprint density at radius 1 is 1.16 bits per heavy atom. The van der Waals surface area contributed by atoms with Crippen LogP contribution in [0.2, 0.25) is 0 Å². The minimum absolute atomic E-state index is 0.252. The lowest BCUT2D eigenvalue weighted by molar-refractivity contribution is -0.143.